The zero-order chi connectivity index (χ0) is 22.7. The number of rotatable bonds is 3. The number of hydrogen-bond donors (Lipinski definition) is 0. The maximum atomic E-state index is 15.6. The molecular weight excluding hydrogens is 431 g/mol. The van der Waals surface area contributed by atoms with Gasteiger partial charge in [-0.1, -0.05) is 115 Å². The molecule has 1 nitrogen and oxygen atoms in total. The van der Waals surface area contributed by atoms with Crippen molar-refractivity contribution in [3.05, 3.63) is 138 Å². The Morgan fingerprint density at radius 2 is 0.882 bits per heavy atom. The van der Waals surface area contributed by atoms with E-state index < -0.39 is 7.14 Å². The molecule has 34 heavy (non-hydrogen) atoms. The molecule has 2 aliphatic carbocycles. The van der Waals surface area contributed by atoms with Crippen molar-refractivity contribution in [1.29, 1.82) is 0 Å². The molecule has 0 bridgehead atoms. The Morgan fingerprint density at radius 3 is 1.41 bits per heavy atom. The Bertz CT molecular complexity index is 1530. The Hall–Kier alpha value is -3.67. The van der Waals surface area contributed by atoms with E-state index in [1.807, 2.05) is 30.3 Å². The molecule has 2 heteroatoms. The van der Waals surface area contributed by atoms with Crippen LogP contribution in [0.3, 0.4) is 0 Å². The third-order valence-corrected chi connectivity index (χ3v) is 10.7. The van der Waals surface area contributed by atoms with Gasteiger partial charge in [0.15, 0.2) is 7.14 Å². The molecule has 162 valence electrons. The standard InChI is InChI=1S/C32H23OP/c33-34(24-12-2-1-3-13-24,31-18-8-16-27-25-14-6-4-10-22(25)20-29(27)31)32-19-9-17-28-26-15-7-5-11-23(26)21-30(28)32/h1-19H,20-21H2. The van der Waals surface area contributed by atoms with Crippen LogP contribution in [0, 0.1) is 0 Å². The number of hydrogen-bond acceptors (Lipinski definition) is 1. The first-order chi connectivity index (χ1) is 16.7. The lowest BCUT2D eigenvalue weighted by Gasteiger charge is -2.25. The first kappa shape index (κ1) is 19.8. The van der Waals surface area contributed by atoms with Crippen LogP contribution in [0.25, 0.3) is 22.3 Å². The largest absolute Gasteiger partial charge is 0.309 e. The minimum Gasteiger partial charge on any atom is -0.309 e. The second kappa shape index (κ2) is 7.42. The van der Waals surface area contributed by atoms with Crippen LogP contribution in [0.2, 0.25) is 0 Å². The Morgan fingerprint density at radius 1 is 0.441 bits per heavy atom. The van der Waals surface area contributed by atoms with Crippen molar-refractivity contribution < 1.29 is 4.57 Å². The van der Waals surface area contributed by atoms with Crippen LogP contribution < -0.4 is 15.9 Å². The Labute approximate surface area is 200 Å². The molecule has 0 saturated carbocycles. The van der Waals surface area contributed by atoms with Crippen LogP contribution in [-0.4, -0.2) is 0 Å². The zero-order valence-electron chi connectivity index (χ0n) is 18.7. The van der Waals surface area contributed by atoms with E-state index in [0.29, 0.717) is 0 Å². The molecule has 5 aromatic rings. The van der Waals surface area contributed by atoms with Crippen LogP contribution in [0.15, 0.2) is 115 Å². The highest BCUT2D eigenvalue weighted by atomic mass is 31.2. The van der Waals surface area contributed by atoms with Gasteiger partial charge < -0.3 is 4.57 Å². The second-order valence-electron chi connectivity index (χ2n) is 9.22. The van der Waals surface area contributed by atoms with Crippen molar-refractivity contribution >= 4 is 23.1 Å². The van der Waals surface area contributed by atoms with Crippen molar-refractivity contribution in [2.75, 3.05) is 0 Å². The summed E-state index contributed by atoms with van der Waals surface area (Å²) in [5.74, 6) is 0. The first-order valence-corrected chi connectivity index (χ1v) is 13.5. The predicted octanol–water partition coefficient (Wildman–Crippen LogP) is 6.47. The van der Waals surface area contributed by atoms with Crippen molar-refractivity contribution in [2.24, 2.45) is 0 Å². The fraction of sp³-hybridized carbons (Fsp3) is 0.0625. The van der Waals surface area contributed by atoms with Crippen molar-refractivity contribution in [3.63, 3.8) is 0 Å². The van der Waals surface area contributed by atoms with Crippen molar-refractivity contribution in [2.45, 2.75) is 12.8 Å². The minimum absolute atomic E-state index is 0.827. The molecule has 0 radical (unpaired) electrons. The summed E-state index contributed by atoms with van der Waals surface area (Å²) in [5, 5.41) is 2.87. The lowest BCUT2D eigenvalue weighted by atomic mass is 10.1. The quantitative estimate of drug-likeness (QED) is 0.280. The minimum atomic E-state index is -3.12. The van der Waals surface area contributed by atoms with E-state index in [0.717, 1.165) is 28.8 Å². The van der Waals surface area contributed by atoms with Gasteiger partial charge in [0, 0.05) is 15.9 Å². The molecule has 2 aliphatic rings. The second-order valence-corrected chi connectivity index (χ2v) is 11.9. The summed E-state index contributed by atoms with van der Waals surface area (Å²) in [6, 6.07) is 40.1. The van der Waals surface area contributed by atoms with E-state index in [2.05, 4.69) is 84.9 Å². The van der Waals surface area contributed by atoms with Gasteiger partial charge in [0.1, 0.15) is 0 Å². The molecular formula is C32H23OP. The van der Waals surface area contributed by atoms with E-state index in [-0.39, 0.29) is 0 Å². The highest BCUT2D eigenvalue weighted by Crippen LogP contribution is 2.50. The van der Waals surface area contributed by atoms with Gasteiger partial charge in [-0.2, -0.15) is 0 Å². The average Bonchev–Trinajstić information content (AvgIpc) is 3.47. The van der Waals surface area contributed by atoms with Gasteiger partial charge in [0.25, 0.3) is 0 Å². The van der Waals surface area contributed by atoms with Crippen molar-refractivity contribution in [3.8, 4) is 22.3 Å². The van der Waals surface area contributed by atoms with Crippen LogP contribution in [0.5, 0.6) is 0 Å². The topological polar surface area (TPSA) is 17.1 Å². The summed E-state index contributed by atoms with van der Waals surface area (Å²) >= 11 is 0. The molecule has 0 aromatic heterocycles. The van der Waals surface area contributed by atoms with E-state index in [1.54, 1.807) is 0 Å². The predicted molar refractivity (Wildman–Crippen MR) is 142 cm³/mol. The molecule has 0 fully saturated rings. The molecule has 0 heterocycles. The Balaban J connectivity index is 1.52. The lowest BCUT2D eigenvalue weighted by Crippen LogP contribution is -2.29. The normalized spacial score (nSPS) is 13.2. The zero-order valence-corrected chi connectivity index (χ0v) is 19.6. The summed E-state index contributed by atoms with van der Waals surface area (Å²) in [5.41, 5.74) is 10.0. The summed E-state index contributed by atoms with van der Waals surface area (Å²) in [7, 11) is -3.12. The summed E-state index contributed by atoms with van der Waals surface area (Å²) < 4.78 is 15.6. The molecule has 7 rings (SSSR count). The molecule has 0 N–H and O–H groups in total. The van der Waals surface area contributed by atoms with Gasteiger partial charge in [-0.25, -0.2) is 0 Å². The molecule has 0 aliphatic heterocycles. The van der Waals surface area contributed by atoms with Crippen molar-refractivity contribution in [1.82, 2.24) is 0 Å². The van der Waals surface area contributed by atoms with Crippen LogP contribution in [0.4, 0.5) is 0 Å². The maximum absolute atomic E-state index is 15.6. The highest BCUT2D eigenvalue weighted by Gasteiger charge is 2.38. The maximum Gasteiger partial charge on any atom is 0.171 e. The van der Waals surface area contributed by atoms with Gasteiger partial charge >= 0.3 is 0 Å². The lowest BCUT2D eigenvalue weighted by molar-refractivity contribution is 0.592. The van der Waals surface area contributed by atoms with Crippen LogP contribution in [0.1, 0.15) is 22.3 Å². The summed E-state index contributed by atoms with van der Waals surface area (Å²) in [4.78, 5) is 0. The molecule has 0 unspecified atom stereocenters. The fourth-order valence-corrected chi connectivity index (χ4v) is 9.08. The Kier molecular flexibility index (Phi) is 4.31. The average molecular weight is 455 g/mol. The third-order valence-electron chi connectivity index (χ3n) is 7.45. The van der Waals surface area contributed by atoms with Gasteiger partial charge in [-0.3, -0.25) is 0 Å². The summed E-state index contributed by atoms with van der Waals surface area (Å²) in [6.07, 6.45) is 1.65. The highest BCUT2D eigenvalue weighted by molar-refractivity contribution is 7.85. The SMILES string of the molecule is O=P(c1ccccc1)(c1cccc2c1Cc1ccccc1-2)c1cccc2c1Cc1ccccc1-2. The molecule has 5 aromatic carbocycles. The van der Waals surface area contributed by atoms with E-state index in [9.17, 15) is 0 Å². The molecule has 0 spiro atoms. The van der Waals surface area contributed by atoms with Crippen LogP contribution in [-0.2, 0) is 17.4 Å². The monoisotopic (exact) mass is 454 g/mol. The van der Waals surface area contributed by atoms with Crippen LogP contribution >= 0.6 is 7.14 Å². The van der Waals surface area contributed by atoms with Gasteiger partial charge in [0.2, 0.25) is 0 Å². The fourth-order valence-electron chi connectivity index (χ4n) is 5.92. The first-order valence-electron chi connectivity index (χ1n) is 11.8. The third kappa shape index (κ3) is 2.71. The number of fused-ring (bicyclic) bond motifs is 6. The van der Waals surface area contributed by atoms with Gasteiger partial charge in [-0.05, 0) is 57.3 Å². The smallest absolute Gasteiger partial charge is 0.171 e. The molecule has 0 saturated heterocycles. The van der Waals surface area contributed by atoms with E-state index in [1.165, 1.54) is 44.5 Å². The summed E-state index contributed by atoms with van der Waals surface area (Å²) in [6.45, 7) is 0. The van der Waals surface area contributed by atoms with E-state index in [4.69, 9.17) is 0 Å². The van der Waals surface area contributed by atoms with E-state index >= 15 is 4.57 Å². The molecule has 0 amide bonds. The number of benzene rings is 5. The molecule has 0 atom stereocenters. The van der Waals surface area contributed by atoms with Gasteiger partial charge in [0.05, 0.1) is 0 Å². The van der Waals surface area contributed by atoms with Gasteiger partial charge in [-0.15, -0.1) is 0 Å².